The molecule has 6 heteroatoms. The highest BCUT2D eigenvalue weighted by Gasteiger charge is 2.32. The van der Waals surface area contributed by atoms with Gasteiger partial charge in [0.1, 0.15) is 6.04 Å². The van der Waals surface area contributed by atoms with Crippen LogP contribution in [0.4, 0.5) is 0 Å². The third kappa shape index (κ3) is 2.62. The summed E-state index contributed by atoms with van der Waals surface area (Å²) in [4.78, 5) is 25.6. The van der Waals surface area contributed by atoms with Crippen molar-refractivity contribution >= 4 is 11.8 Å². The molecule has 0 aliphatic carbocycles. The van der Waals surface area contributed by atoms with E-state index in [2.05, 4.69) is 5.10 Å². The van der Waals surface area contributed by atoms with Crippen LogP contribution in [0.15, 0.2) is 6.20 Å². The Kier molecular flexibility index (Phi) is 3.87. The third-order valence-electron chi connectivity index (χ3n) is 3.56. The summed E-state index contributed by atoms with van der Waals surface area (Å²) < 4.78 is 1.63. The topological polar surface area (TPSA) is 81.2 Å². The van der Waals surface area contributed by atoms with Crippen LogP contribution >= 0.6 is 0 Å². The number of nitrogens with two attached hydrogens (primary N) is 1. The van der Waals surface area contributed by atoms with Crippen molar-refractivity contribution in [3.63, 3.8) is 0 Å². The maximum Gasteiger partial charge on any atom is 0.258 e. The molecule has 2 N–H and O–H groups in total. The molecule has 1 saturated heterocycles. The number of carbonyl (C=O) groups excluding carboxylic acids is 2. The summed E-state index contributed by atoms with van der Waals surface area (Å²) in [6.07, 6.45) is 4.91. The van der Waals surface area contributed by atoms with Gasteiger partial charge >= 0.3 is 0 Å². The summed E-state index contributed by atoms with van der Waals surface area (Å²) in [7, 11) is 1.79. The van der Waals surface area contributed by atoms with Crippen molar-refractivity contribution in [3.8, 4) is 0 Å². The van der Waals surface area contributed by atoms with E-state index in [1.807, 2.05) is 6.92 Å². The summed E-state index contributed by atoms with van der Waals surface area (Å²) in [5.41, 5.74) is 6.74. The fraction of sp³-hybridized carbons (Fsp3) is 0.615. The van der Waals surface area contributed by atoms with Crippen LogP contribution in [0.3, 0.4) is 0 Å². The number of primary amides is 1. The quantitative estimate of drug-likeness (QED) is 0.861. The number of nitrogens with zero attached hydrogens (tertiary/aromatic N) is 3. The molecule has 0 saturated carbocycles. The first kappa shape index (κ1) is 13.6. The number of carbonyl (C=O) groups is 2. The van der Waals surface area contributed by atoms with Crippen molar-refractivity contribution in [2.75, 3.05) is 6.54 Å². The number of aryl methyl sites for hydroxylation is 2. The van der Waals surface area contributed by atoms with Gasteiger partial charge in [-0.15, -0.1) is 0 Å². The van der Waals surface area contributed by atoms with E-state index in [0.717, 1.165) is 18.5 Å². The Morgan fingerprint density at radius 2 is 2.21 bits per heavy atom. The molecule has 19 heavy (non-hydrogen) atoms. The van der Waals surface area contributed by atoms with Crippen LogP contribution in [0.25, 0.3) is 0 Å². The van der Waals surface area contributed by atoms with Gasteiger partial charge in [0.2, 0.25) is 5.91 Å². The average Bonchev–Trinajstić information content (AvgIpc) is 2.79. The van der Waals surface area contributed by atoms with Gasteiger partial charge in [0, 0.05) is 19.8 Å². The minimum absolute atomic E-state index is 0.131. The average molecular weight is 264 g/mol. The van der Waals surface area contributed by atoms with Crippen LogP contribution < -0.4 is 5.73 Å². The van der Waals surface area contributed by atoms with E-state index in [1.54, 1.807) is 22.8 Å². The molecule has 0 spiro atoms. The van der Waals surface area contributed by atoms with Crippen molar-refractivity contribution < 1.29 is 9.59 Å². The van der Waals surface area contributed by atoms with E-state index in [9.17, 15) is 9.59 Å². The molecule has 1 atom stereocenters. The van der Waals surface area contributed by atoms with Crippen LogP contribution in [0.2, 0.25) is 0 Å². The Bertz CT molecular complexity index is 495. The molecule has 1 aromatic heterocycles. The minimum Gasteiger partial charge on any atom is -0.368 e. The molecule has 104 valence electrons. The normalized spacial score (nSPS) is 19.5. The summed E-state index contributed by atoms with van der Waals surface area (Å²) in [5.74, 6) is -0.552. The maximum atomic E-state index is 12.6. The van der Waals surface area contributed by atoms with Gasteiger partial charge in [-0.25, -0.2) is 0 Å². The van der Waals surface area contributed by atoms with Gasteiger partial charge in [0.15, 0.2) is 0 Å². The molecule has 0 bridgehead atoms. The predicted molar refractivity (Wildman–Crippen MR) is 70.5 cm³/mol. The Morgan fingerprint density at radius 3 is 2.84 bits per heavy atom. The van der Waals surface area contributed by atoms with Crippen molar-refractivity contribution in [2.24, 2.45) is 12.8 Å². The van der Waals surface area contributed by atoms with Gasteiger partial charge < -0.3 is 10.6 Å². The zero-order valence-electron chi connectivity index (χ0n) is 11.4. The highest BCUT2D eigenvalue weighted by Crippen LogP contribution is 2.21. The zero-order chi connectivity index (χ0) is 14.0. The molecule has 1 aliphatic heterocycles. The highest BCUT2D eigenvalue weighted by atomic mass is 16.2. The number of piperidine rings is 1. The lowest BCUT2D eigenvalue weighted by Crippen LogP contribution is -2.50. The molecule has 1 fully saturated rings. The number of hydrogen-bond acceptors (Lipinski definition) is 3. The second kappa shape index (κ2) is 5.42. The number of amides is 2. The third-order valence-corrected chi connectivity index (χ3v) is 3.56. The number of likely N-dealkylation sites (tertiary alicyclic amines) is 1. The number of hydrogen-bond donors (Lipinski definition) is 1. The lowest BCUT2D eigenvalue weighted by molar-refractivity contribution is -0.123. The van der Waals surface area contributed by atoms with Crippen LogP contribution in [-0.2, 0) is 18.3 Å². The standard InChI is InChI=1S/C13H20N4O2/c1-3-10-9(8-16(2)15-10)13(19)17-7-5-4-6-11(17)12(14)18/h8,11H,3-7H2,1-2H3,(H2,14,18). The minimum atomic E-state index is -0.480. The molecular formula is C13H20N4O2. The second-order valence-electron chi connectivity index (χ2n) is 4.93. The van der Waals surface area contributed by atoms with Gasteiger partial charge in [-0.3, -0.25) is 14.3 Å². The Labute approximate surface area is 112 Å². The second-order valence-corrected chi connectivity index (χ2v) is 4.93. The van der Waals surface area contributed by atoms with Crippen LogP contribution in [0.1, 0.15) is 42.2 Å². The van der Waals surface area contributed by atoms with Gasteiger partial charge in [0.25, 0.3) is 5.91 Å². The fourth-order valence-electron chi connectivity index (χ4n) is 2.60. The largest absolute Gasteiger partial charge is 0.368 e. The fourth-order valence-corrected chi connectivity index (χ4v) is 2.60. The van der Waals surface area contributed by atoms with Crippen molar-refractivity contribution in [1.29, 1.82) is 0 Å². The van der Waals surface area contributed by atoms with Crippen LogP contribution in [0, 0.1) is 0 Å². The molecular weight excluding hydrogens is 244 g/mol. The van der Waals surface area contributed by atoms with Crippen molar-refractivity contribution in [1.82, 2.24) is 14.7 Å². The first-order valence-corrected chi connectivity index (χ1v) is 6.67. The number of rotatable bonds is 3. The summed E-state index contributed by atoms with van der Waals surface area (Å²) in [5, 5.41) is 4.27. The molecule has 1 aliphatic rings. The molecule has 2 heterocycles. The highest BCUT2D eigenvalue weighted by molar-refractivity contribution is 5.98. The van der Waals surface area contributed by atoms with Crippen molar-refractivity contribution in [3.05, 3.63) is 17.5 Å². The molecule has 1 unspecified atom stereocenters. The molecule has 0 aromatic carbocycles. The summed E-state index contributed by atoms with van der Waals surface area (Å²) in [6, 6.07) is -0.480. The van der Waals surface area contributed by atoms with Gasteiger partial charge in [-0.05, 0) is 25.7 Å². The first-order chi connectivity index (χ1) is 9.04. The van der Waals surface area contributed by atoms with E-state index in [0.29, 0.717) is 24.9 Å². The monoisotopic (exact) mass is 264 g/mol. The molecule has 1 aromatic rings. The zero-order valence-corrected chi connectivity index (χ0v) is 11.4. The number of aromatic nitrogens is 2. The molecule has 6 nitrogen and oxygen atoms in total. The summed E-state index contributed by atoms with van der Waals surface area (Å²) in [6.45, 7) is 2.55. The Morgan fingerprint density at radius 1 is 1.47 bits per heavy atom. The van der Waals surface area contributed by atoms with Crippen LogP contribution in [0.5, 0.6) is 0 Å². The first-order valence-electron chi connectivity index (χ1n) is 6.67. The van der Waals surface area contributed by atoms with Gasteiger partial charge in [-0.1, -0.05) is 6.92 Å². The lowest BCUT2D eigenvalue weighted by atomic mass is 10.00. The SMILES string of the molecule is CCc1nn(C)cc1C(=O)N1CCCCC1C(N)=O. The van der Waals surface area contributed by atoms with E-state index < -0.39 is 11.9 Å². The summed E-state index contributed by atoms with van der Waals surface area (Å²) >= 11 is 0. The van der Waals surface area contributed by atoms with Gasteiger partial charge in [0.05, 0.1) is 11.3 Å². The smallest absolute Gasteiger partial charge is 0.258 e. The van der Waals surface area contributed by atoms with Crippen molar-refractivity contribution in [2.45, 2.75) is 38.6 Å². The van der Waals surface area contributed by atoms with Gasteiger partial charge in [-0.2, -0.15) is 5.10 Å². The lowest BCUT2D eigenvalue weighted by Gasteiger charge is -2.33. The molecule has 2 amide bonds. The molecule has 2 rings (SSSR count). The van der Waals surface area contributed by atoms with E-state index >= 15 is 0 Å². The van der Waals surface area contributed by atoms with E-state index in [1.165, 1.54) is 0 Å². The maximum absolute atomic E-state index is 12.6. The predicted octanol–water partition coefficient (Wildman–Crippen LogP) is 0.463. The van der Waals surface area contributed by atoms with E-state index in [-0.39, 0.29) is 5.91 Å². The Hall–Kier alpha value is -1.85. The molecule has 0 radical (unpaired) electrons. The Balaban J connectivity index is 2.28. The van der Waals surface area contributed by atoms with E-state index in [4.69, 9.17) is 5.73 Å². The van der Waals surface area contributed by atoms with Crippen LogP contribution in [-0.4, -0.2) is 39.1 Å².